The zero-order valence-electron chi connectivity index (χ0n) is 14.1. The standard InChI is InChI=1S/C16H34O3S.Cd/c1-3-5-7-9-10-12-14-16(15-20(17,18)19)13-11-8-6-4-2;/h16H,3-15H2,1-2H3,(H,17,18,19);. The Hall–Kier alpha value is 0.832. The average Bonchev–Trinajstić information content (AvgIpc) is 2.36. The van der Waals surface area contributed by atoms with Crippen molar-refractivity contribution < 1.29 is 40.3 Å². The smallest absolute Gasteiger partial charge is 0.265 e. The molecule has 0 aliphatic heterocycles. The Morgan fingerprint density at radius 2 is 1.14 bits per heavy atom. The first-order chi connectivity index (χ1) is 9.49. The van der Waals surface area contributed by atoms with Crippen LogP contribution in [-0.4, -0.2) is 18.7 Å². The van der Waals surface area contributed by atoms with Crippen LogP contribution in [0.2, 0.25) is 0 Å². The van der Waals surface area contributed by atoms with Gasteiger partial charge < -0.3 is 0 Å². The van der Waals surface area contributed by atoms with Crippen molar-refractivity contribution >= 4 is 10.1 Å². The number of unbranched alkanes of at least 4 members (excludes halogenated alkanes) is 8. The van der Waals surface area contributed by atoms with Gasteiger partial charge in [0.2, 0.25) is 0 Å². The van der Waals surface area contributed by atoms with Gasteiger partial charge in [0, 0.05) is 27.3 Å². The normalized spacial score (nSPS) is 12.9. The molecule has 0 spiro atoms. The fraction of sp³-hybridized carbons (Fsp3) is 1.00. The van der Waals surface area contributed by atoms with Crippen LogP contribution in [0.1, 0.15) is 90.9 Å². The van der Waals surface area contributed by atoms with Gasteiger partial charge in [-0.1, -0.05) is 78.1 Å². The van der Waals surface area contributed by atoms with Crippen LogP contribution in [0.15, 0.2) is 0 Å². The number of hydrogen-bond donors (Lipinski definition) is 1. The topological polar surface area (TPSA) is 54.4 Å². The Morgan fingerprint density at radius 1 is 0.762 bits per heavy atom. The van der Waals surface area contributed by atoms with Gasteiger partial charge in [0.05, 0.1) is 5.75 Å². The van der Waals surface area contributed by atoms with E-state index in [0.717, 1.165) is 25.7 Å². The van der Waals surface area contributed by atoms with E-state index in [9.17, 15) is 8.42 Å². The second-order valence-electron chi connectivity index (χ2n) is 6.02. The fourth-order valence-corrected chi connectivity index (χ4v) is 3.61. The van der Waals surface area contributed by atoms with Crippen molar-refractivity contribution in [3.63, 3.8) is 0 Å². The van der Waals surface area contributed by atoms with E-state index in [4.69, 9.17) is 4.55 Å². The Kier molecular flexibility index (Phi) is 18.0. The van der Waals surface area contributed by atoms with Crippen molar-refractivity contribution in [3.05, 3.63) is 0 Å². The third kappa shape index (κ3) is 18.8. The fourth-order valence-electron chi connectivity index (χ4n) is 2.68. The van der Waals surface area contributed by atoms with E-state index in [2.05, 4.69) is 13.8 Å². The van der Waals surface area contributed by atoms with E-state index in [1.165, 1.54) is 51.4 Å². The predicted octanol–water partition coefficient (Wildman–Crippen LogP) is 5.21. The minimum Gasteiger partial charge on any atom is -0.286 e. The van der Waals surface area contributed by atoms with Crippen LogP contribution >= 0.6 is 0 Å². The molecule has 0 heterocycles. The van der Waals surface area contributed by atoms with Crippen molar-refractivity contribution in [3.8, 4) is 0 Å². The van der Waals surface area contributed by atoms with Gasteiger partial charge in [-0.3, -0.25) is 4.55 Å². The van der Waals surface area contributed by atoms with Crippen molar-refractivity contribution in [2.24, 2.45) is 5.92 Å². The second-order valence-corrected chi connectivity index (χ2v) is 7.52. The van der Waals surface area contributed by atoms with E-state index in [1.54, 1.807) is 0 Å². The van der Waals surface area contributed by atoms with Crippen LogP contribution in [0.5, 0.6) is 0 Å². The molecule has 5 heteroatoms. The monoisotopic (exact) mass is 420 g/mol. The molecule has 0 radical (unpaired) electrons. The summed E-state index contributed by atoms with van der Waals surface area (Å²) in [4.78, 5) is 0. The molecule has 0 rings (SSSR count). The van der Waals surface area contributed by atoms with Gasteiger partial charge in [-0.15, -0.1) is 0 Å². The van der Waals surface area contributed by atoms with Gasteiger partial charge in [0.25, 0.3) is 10.1 Å². The predicted molar refractivity (Wildman–Crippen MR) is 86.7 cm³/mol. The molecule has 0 aromatic carbocycles. The Balaban J connectivity index is 0. The minimum absolute atomic E-state index is 0. The first-order valence-electron chi connectivity index (χ1n) is 8.44. The first kappa shape index (κ1) is 24.1. The molecule has 0 aliphatic rings. The van der Waals surface area contributed by atoms with E-state index < -0.39 is 10.1 Å². The molecule has 0 aromatic rings. The quantitative estimate of drug-likeness (QED) is 0.239. The van der Waals surface area contributed by atoms with E-state index >= 15 is 0 Å². The van der Waals surface area contributed by atoms with Crippen LogP contribution in [-0.2, 0) is 37.4 Å². The van der Waals surface area contributed by atoms with Gasteiger partial charge in [-0.05, 0) is 18.8 Å². The molecule has 1 atom stereocenters. The molecule has 0 amide bonds. The molecule has 0 bridgehead atoms. The van der Waals surface area contributed by atoms with Crippen LogP contribution in [0.25, 0.3) is 0 Å². The minimum atomic E-state index is -3.82. The van der Waals surface area contributed by atoms with Gasteiger partial charge in [-0.25, -0.2) is 0 Å². The van der Waals surface area contributed by atoms with Crippen molar-refractivity contribution in [1.82, 2.24) is 0 Å². The molecule has 1 N–H and O–H groups in total. The maximum absolute atomic E-state index is 11.1. The van der Waals surface area contributed by atoms with Crippen LogP contribution in [0.4, 0.5) is 0 Å². The summed E-state index contributed by atoms with van der Waals surface area (Å²) in [6.07, 6.45) is 13.9. The summed E-state index contributed by atoms with van der Waals surface area (Å²) in [5.74, 6) is 0.0988. The van der Waals surface area contributed by atoms with Crippen LogP contribution < -0.4 is 0 Å². The maximum Gasteiger partial charge on any atom is 0.265 e. The molecule has 1 unspecified atom stereocenters. The second kappa shape index (κ2) is 15.7. The van der Waals surface area contributed by atoms with Crippen LogP contribution in [0.3, 0.4) is 0 Å². The molecule has 0 saturated heterocycles. The Morgan fingerprint density at radius 3 is 1.57 bits per heavy atom. The SMILES string of the molecule is CCCCCCCCC(CCCCCC)CS(=O)(=O)O.[Cd]. The molecule has 0 fully saturated rings. The number of hydrogen-bond acceptors (Lipinski definition) is 2. The summed E-state index contributed by atoms with van der Waals surface area (Å²) < 4.78 is 31.2. The van der Waals surface area contributed by atoms with Crippen LogP contribution in [0, 0.1) is 5.92 Å². The van der Waals surface area contributed by atoms with Gasteiger partial charge >= 0.3 is 0 Å². The van der Waals surface area contributed by atoms with E-state index in [1.807, 2.05) is 0 Å². The molecular formula is C16H34CdO3S. The van der Waals surface area contributed by atoms with Gasteiger partial charge in [0.15, 0.2) is 0 Å². The third-order valence-electron chi connectivity index (χ3n) is 3.88. The summed E-state index contributed by atoms with van der Waals surface area (Å²) in [5.41, 5.74) is 0. The zero-order valence-corrected chi connectivity index (χ0v) is 19.0. The summed E-state index contributed by atoms with van der Waals surface area (Å²) in [6, 6.07) is 0. The van der Waals surface area contributed by atoms with Gasteiger partial charge in [0.1, 0.15) is 0 Å². The van der Waals surface area contributed by atoms with Crippen molar-refractivity contribution in [2.75, 3.05) is 5.75 Å². The van der Waals surface area contributed by atoms with E-state index in [0.29, 0.717) is 0 Å². The van der Waals surface area contributed by atoms with E-state index in [-0.39, 0.29) is 39.0 Å². The molecule has 124 valence electrons. The van der Waals surface area contributed by atoms with Gasteiger partial charge in [-0.2, -0.15) is 8.42 Å². The molecule has 3 nitrogen and oxygen atoms in total. The largest absolute Gasteiger partial charge is 0.286 e. The zero-order chi connectivity index (χ0) is 15.3. The number of rotatable bonds is 14. The molecular weight excluding hydrogens is 385 g/mol. The summed E-state index contributed by atoms with van der Waals surface area (Å²) in [6.45, 7) is 4.38. The van der Waals surface area contributed by atoms with Crippen molar-refractivity contribution in [2.45, 2.75) is 90.9 Å². The third-order valence-corrected chi connectivity index (χ3v) is 4.77. The summed E-state index contributed by atoms with van der Waals surface area (Å²) in [7, 11) is -3.82. The molecule has 21 heavy (non-hydrogen) atoms. The maximum atomic E-state index is 11.1. The molecule has 0 saturated carbocycles. The molecule has 0 aliphatic carbocycles. The summed E-state index contributed by atoms with van der Waals surface area (Å²) >= 11 is 0. The Labute approximate surface area is 152 Å². The van der Waals surface area contributed by atoms with Crippen molar-refractivity contribution in [1.29, 1.82) is 0 Å². The first-order valence-corrected chi connectivity index (χ1v) is 10.1. The molecule has 0 aromatic heterocycles. The average molecular weight is 419 g/mol. The Bertz CT molecular complexity index is 305. The summed E-state index contributed by atoms with van der Waals surface area (Å²) in [5, 5.41) is 0.